The molecule has 0 aromatic heterocycles. The highest BCUT2D eigenvalue weighted by atomic mass is 16.5. The highest BCUT2D eigenvalue weighted by molar-refractivity contribution is 5.88. The Morgan fingerprint density at radius 1 is 1.50 bits per heavy atom. The molecule has 0 aromatic carbocycles. The van der Waals surface area contributed by atoms with Crippen molar-refractivity contribution >= 4 is 11.9 Å². The molecule has 1 atom stereocenters. The molecule has 5 nitrogen and oxygen atoms in total. The minimum atomic E-state index is -0.614. The number of esters is 1. The Morgan fingerprint density at radius 3 is 2.62 bits per heavy atom. The first-order chi connectivity index (χ1) is 7.44. The van der Waals surface area contributed by atoms with Gasteiger partial charge in [0.1, 0.15) is 6.04 Å². The van der Waals surface area contributed by atoms with E-state index in [1.54, 1.807) is 18.7 Å². The lowest BCUT2D eigenvalue weighted by Gasteiger charge is -2.31. The predicted octanol–water partition coefficient (Wildman–Crippen LogP) is 0.135. The van der Waals surface area contributed by atoms with Crippen LogP contribution in [0.2, 0.25) is 0 Å². The predicted molar refractivity (Wildman–Crippen MR) is 59.6 cm³/mol. The SMILES string of the molecule is COC(=O)C1CCCN1C(=O)C(C)(C)CN. The minimum Gasteiger partial charge on any atom is -0.467 e. The quantitative estimate of drug-likeness (QED) is 0.697. The number of rotatable bonds is 3. The van der Waals surface area contributed by atoms with Gasteiger partial charge in [-0.05, 0) is 26.7 Å². The number of likely N-dealkylation sites (tertiary alicyclic amines) is 1. The second kappa shape index (κ2) is 4.82. The van der Waals surface area contributed by atoms with Crippen LogP contribution in [-0.4, -0.2) is 43.0 Å². The van der Waals surface area contributed by atoms with E-state index < -0.39 is 11.5 Å². The topological polar surface area (TPSA) is 72.6 Å². The molecule has 16 heavy (non-hydrogen) atoms. The van der Waals surface area contributed by atoms with E-state index in [2.05, 4.69) is 0 Å². The summed E-state index contributed by atoms with van der Waals surface area (Å²) < 4.78 is 4.70. The van der Waals surface area contributed by atoms with Crippen molar-refractivity contribution in [2.75, 3.05) is 20.2 Å². The van der Waals surface area contributed by atoms with Crippen LogP contribution < -0.4 is 5.73 Å². The van der Waals surface area contributed by atoms with Crippen molar-refractivity contribution < 1.29 is 14.3 Å². The maximum atomic E-state index is 12.2. The third kappa shape index (κ3) is 2.35. The number of hydrogen-bond acceptors (Lipinski definition) is 4. The van der Waals surface area contributed by atoms with Gasteiger partial charge in [0.15, 0.2) is 0 Å². The molecule has 0 aliphatic carbocycles. The fraction of sp³-hybridized carbons (Fsp3) is 0.818. The Morgan fingerprint density at radius 2 is 2.12 bits per heavy atom. The number of methoxy groups -OCH3 is 1. The second-order valence-corrected chi connectivity index (χ2v) is 4.77. The van der Waals surface area contributed by atoms with Gasteiger partial charge in [-0.15, -0.1) is 0 Å². The Kier molecular flexibility index (Phi) is 3.91. The first kappa shape index (κ1) is 13.0. The number of carbonyl (C=O) groups is 2. The summed E-state index contributed by atoms with van der Waals surface area (Å²) in [6.07, 6.45) is 1.52. The van der Waals surface area contributed by atoms with Crippen molar-refractivity contribution in [2.24, 2.45) is 11.1 Å². The van der Waals surface area contributed by atoms with Gasteiger partial charge in [0.2, 0.25) is 5.91 Å². The lowest BCUT2D eigenvalue weighted by molar-refractivity contribution is -0.154. The van der Waals surface area contributed by atoms with Gasteiger partial charge in [-0.2, -0.15) is 0 Å². The van der Waals surface area contributed by atoms with Crippen LogP contribution in [0.15, 0.2) is 0 Å². The van der Waals surface area contributed by atoms with Crippen LogP contribution in [0, 0.1) is 5.41 Å². The van der Waals surface area contributed by atoms with E-state index >= 15 is 0 Å². The van der Waals surface area contributed by atoms with E-state index in [9.17, 15) is 9.59 Å². The molecule has 1 rings (SSSR count). The molecule has 1 unspecified atom stereocenters. The Hall–Kier alpha value is -1.10. The number of carbonyl (C=O) groups excluding carboxylic acids is 2. The van der Waals surface area contributed by atoms with Crippen molar-refractivity contribution in [1.82, 2.24) is 4.90 Å². The molecule has 1 aliphatic rings. The Bertz CT molecular complexity index is 289. The van der Waals surface area contributed by atoms with E-state index in [4.69, 9.17) is 10.5 Å². The van der Waals surface area contributed by atoms with Crippen molar-refractivity contribution in [3.05, 3.63) is 0 Å². The van der Waals surface area contributed by atoms with Gasteiger partial charge in [0, 0.05) is 13.1 Å². The third-order valence-corrected chi connectivity index (χ3v) is 3.08. The summed E-state index contributed by atoms with van der Waals surface area (Å²) in [5, 5.41) is 0. The monoisotopic (exact) mass is 228 g/mol. The summed E-state index contributed by atoms with van der Waals surface area (Å²) in [7, 11) is 1.34. The smallest absolute Gasteiger partial charge is 0.328 e. The number of hydrogen-bond donors (Lipinski definition) is 1. The highest BCUT2D eigenvalue weighted by Gasteiger charge is 2.40. The molecule has 0 saturated carbocycles. The zero-order chi connectivity index (χ0) is 12.3. The van der Waals surface area contributed by atoms with Crippen molar-refractivity contribution in [2.45, 2.75) is 32.7 Å². The molecule has 1 fully saturated rings. The Balaban J connectivity index is 2.79. The van der Waals surface area contributed by atoms with Crippen molar-refractivity contribution in [3.8, 4) is 0 Å². The average molecular weight is 228 g/mol. The zero-order valence-electron chi connectivity index (χ0n) is 10.2. The van der Waals surface area contributed by atoms with Gasteiger partial charge in [-0.25, -0.2) is 4.79 Å². The molecule has 0 aromatic rings. The van der Waals surface area contributed by atoms with Crippen molar-refractivity contribution in [3.63, 3.8) is 0 Å². The Labute approximate surface area is 95.9 Å². The van der Waals surface area contributed by atoms with Crippen LogP contribution in [0.25, 0.3) is 0 Å². The van der Waals surface area contributed by atoms with E-state index in [-0.39, 0.29) is 18.4 Å². The molecule has 0 radical (unpaired) electrons. The van der Waals surface area contributed by atoms with E-state index in [0.29, 0.717) is 13.0 Å². The third-order valence-electron chi connectivity index (χ3n) is 3.08. The summed E-state index contributed by atoms with van der Waals surface area (Å²) in [4.78, 5) is 25.3. The number of nitrogens with two attached hydrogens (primary N) is 1. The van der Waals surface area contributed by atoms with E-state index in [0.717, 1.165) is 6.42 Å². The normalized spacial score (nSPS) is 21.0. The number of nitrogens with zero attached hydrogens (tertiary/aromatic N) is 1. The molecule has 5 heteroatoms. The first-order valence-corrected chi connectivity index (χ1v) is 5.53. The standard InChI is InChI=1S/C11H20N2O3/c1-11(2,7-12)10(15)13-6-4-5-8(13)9(14)16-3/h8H,4-7,12H2,1-3H3. The van der Waals surface area contributed by atoms with Gasteiger partial charge in [0.25, 0.3) is 0 Å². The highest BCUT2D eigenvalue weighted by Crippen LogP contribution is 2.25. The van der Waals surface area contributed by atoms with Gasteiger partial charge < -0.3 is 15.4 Å². The summed E-state index contributed by atoms with van der Waals surface area (Å²) in [5.74, 6) is -0.401. The molecule has 0 bridgehead atoms. The number of amides is 1. The summed E-state index contributed by atoms with van der Waals surface area (Å²) in [6, 6.07) is -0.427. The molecular formula is C11H20N2O3. The van der Waals surface area contributed by atoms with Gasteiger partial charge in [-0.1, -0.05) is 0 Å². The molecule has 1 amide bonds. The second-order valence-electron chi connectivity index (χ2n) is 4.77. The maximum Gasteiger partial charge on any atom is 0.328 e. The van der Waals surface area contributed by atoms with E-state index in [1.165, 1.54) is 7.11 Å². The first-order valence-electron chi connectivity index (χ1n) is 5.53. The van der Waals surface area contributed by atoms with Crippen LogP contribution in [0.4, 0.5) is 0 Å². The fourth-order valence-electron chi connectivity index (χ4n) is 1.87. The zero-order valence-corrected chi connectivity index (χ0v) is 10.2. The molecule has 0 spiro atoms. The molecule has 1 aliphatic heterocycles. The largest absolute Gasteiger partial charge is 0.467 e. The van der Waals surface area contributed by atoms with E-state index in [1.807, 2.05) is 0 Å². The minimum absolute atomic E-state index is 0.0668. The van der Waals surface area contributed by atoms with Crippen LogP contribution in [0.3, 0.4) is 0 Å². The number of ether oxygens (including phenoxy) is 1. The summed E-state index contributed by atoms with van der Waals surface area (Å²) in [5.41, 5.74) is 4.95. The summed E-state index contributed by atoms with van der Waals surface area (Å²) in [6.45, 7) is 4.47. The van der Waals surface area contributed by atoms with Crippen LogP contribution in [0.5, 0.6) is 0 Å². The van der Waals surface area contributed by atoms with Gasteiger partial charge >= 0.3 is 5.97 Å². The molecule has 2 N–H and O–H groups in total. The fourth-order valence-corrected chi connectivity index (χ4v) is 1.87. The lowest BCUT2D eigenvalue weighted by atomic mass is 9.91. The summed E-state index contributed by atoms with van der Waals surface area (Å²) >= 11 is 0. The average Bonchev–Trinajstić information content (AvgIpc) is 2.75. The van der Waals surface area contributed by atoms with Crippen molar-refractivity contribution in [1.29, 1.82) is 0 Å². The van der Waals surface area contributed by atoms with Gasteiger partial charge in [0.05, 0.1) is 12.5 Å². The van der Waals surface area contributed by atoms with Crippen LogP contribution in [0.1, 0.15) is 26.7 Å². The van der Waals surface area contributed by atoms with Gasteiger partial charge in [-0.3, -0.25) is 4.79 Å². The lowest BCUT2D eigenvalue weighted by Crippen LogP contribution is -2.49. The molecule has 92 valence electrons. The van der Waals surface area contributed by atoms with Crippen LogP contribution >= 0.6 is 0 Å². The molecule has 1 heterocycles. The molecular weight excluding hydrogens is 208 g/mol. The maximum absolute atomic E-state index is 12.2. The van der Waals surface area contributed by atoms with Crippen LogP contribution in [-0.2, 0) is 14.3 Å². The molecule has 1 saturated heterocycles.